The largest absolute Gasteiger partial charge is 0.467 e. The quantitative estimate of drug-likeness (QED) is 0.261. The summed E-state index contributed by atoms with van der Waals surface area (Å²) in [6, 6.07) is 10.3. The highest BCUT2D eigenvalue weighted by Crippen LogP contribution is 2.41. The van der Waals surface area contributed by atoms with Gasteiger partial charge in [-0.05, 0) is 80.5 Å². The van der Waals surface area contributed by atoms with E-state index in [2.05, 4.69) is 66.0 Å². The van der Waals surface area contributed by atoms with Crippen molar-refractivity contribution in [3.63, 3.8) is 0 Å². The van der Waals surface area contributed by atoms with Gasteiger partial charge in [0.2, 0.25) is 0 Å². The first-order chi connectivity index (χ1) is 22.2. The molecule has 10 nitrogen and oxygen atoms in total. The van der Waals surface area contributed by atoms with Crippen molar-refractivity contribution in [2.75, 3.05) is 46.4 Å². The second-order valence-corrected chi connectivity index (χ2v) is 13.3. The Labute approximate surface area is 272 Å². The van der Waals surface area contributed by atoms with E-state index < -0.39 is 6.04 Å². The van der Waals surface area contributed by atoms with Crippen LogP contribution in [0.25, 0.3) is 27.7 Å². The summed E-state index contributed by atoms with van der Waals surface area (Å²) in [7, 11) is 1.71. The van der Waals surface area contributed by atoms with Crippen molar-refractivity contribution >= 4 is 28.9 Å². The fourth-order valence-electron chi connectivity index (χ4n) is 6.89. The number of hydrogen-bond acceptors (Lipinski definition) is 8. The van der Waals surface area contributed by atoms with Crippen LogP contribution < -0.4 is 11.2 Å². The van der Waals surface area contributed by atoms with E-state index >= 15 is 0 Å². The minimum absolute atomic E-state index is 0.0333. The van der Waals surface area contributed by atoms with Crippen molar-refractivity contribution in [3.05, 3.63) is 59.4 Å². The molecular formula is C36H50N6O4. The maximum Gasteiger partial charge on any atom is 0.293 e. The number of ether oxygens (including phenoxy) is 2. The molecule has 1 fully saturated rings. The summed E-state index contributed by atoms with van der Waals surface area (Å²) >= 11 is 0. The van der Waals surface area contributed by atoms with Crippen LogP contribution in [-0.4, -0.2) is 84.3 Å². The molecule has 2 aliphatic rings. The van der Waals surface area contributed by atoms with Crippen molar-refractivity contribution < 1.29 is 19.1 Å². The molecule has 46 heavy (non-hydrogen) atoms. The number of hydrazine groups is 1. The monoisotopic (exact) mass is 630 g/mol. The second-order valence-electron chi connectivity index (χ2n) is 13.3. The molecular weight excluding hydrogens is 580 g/mol. The summed E-state index contributed by atoms with van der Waals surface area (Å²) in [5.41, 5.74) is 17.1. The molecule has 0 saturated carbocycles. The van der Waals surface area contributed by atoms with E-state index in [1.54, 1.807) is 12.1 Å². The molecule has 0 radical (unpaired) electrons. The van der Waals surface area contributed by atoms with Crippen LogP contribution in [0.4, 0.5) is 0 Å². The van der Waals surface area contributed by atoms with E-state index in [1.807, 2.05) is 19.2 Å². The van der Waals surface area contributed by atoms with Crippen molar-refractivity contribution in [1.82, 2.24) is 24.9 Å². The Morgan fingerprint density at radius 1 is 1.22 bits per heavy atom. The molecule has 1 saturated heterocycles. The lowest BCUT2D eigenvalue weighted by Gasteiger charge is -2.33. The number of nitrogens with one attached hydrogen (secondary N) is 1. The van der Waals surface area contributed by atoms with Crippen LogP contribution in [0.15, 0.2) is 42.6 Å². The van der Waals surface area contributed by atoms with Crippen molar-refractivity contribution in [2.45, 2.75) is 72.1 Å². The Kier molecular flexibility index (Phi) is 10.9. The van der Waals surface area contributed by atoms with Gasteiger partial charge in [-0.1, -0.05) is 26.0 Å². The van der Waals surface area contributed by atoms with Crippen molar-refractivity contribution in [3.8, 4) is 11.3 Å². The predicted octanol–water partition coefficient (Wildman–Crippen LogP) is 4.72. The SMILES string of the molecule is CCn1c(-c2cccnc2C(C)OC)c(CC(C)(C)COC=O)c2cc(C3=CCCN(CC(N)C(=O)N4CCCCN4)C3)ccc21. The third-order valence-electron chi connectivity index (χ3n) is 9.26. The number of pyridine rings is 1. The molecule has 1 aromatic carbocycles. The molecule has 3 N–H and O–H groups in total. The number of carbonyl (C=O) groups excluding carboxylic acids is 2. The van der Waals surface area contributed by atoms with Crippen LogP contribution in [0.2, 0.25) is 0 Å². The van der Waals surface area contributed by atoms with Gasteiger partial charge in [0.15, 0.2) is 0 Å². The van der Waals surface area contributed by atoms with E-state index in [9.17, 15) is 9.59 Å². The fraction of sp³-hybridized carbons (Fsp3) is 0.528. The van der Waals surface area contributed by atoms with Crippen molar-refractivity contribution in [2.24, 2.45) is 11.1 Å². The number of nitrogens with zero attached hydrogens (tertiary/aromatic N) is 4. The highest BCUT2D eigenvalue weighted by Gasteiger charge is 2.30. The van der Waals surface area contributed by atoms with Gasteiger partial charge in [-0.3, -0.25) is 24.5 Å². The molecule has 248 valence electrons. The van der Waals surface area contributed by atoms with Gasteiger partial charge in [0.25, 0.3) is 12.4 Å². The van der Waals surface area contributed by atoms with E-state index in [4.69, 9.17) is 20.2 Å². The lowest BCUT2D eigenvalue weighted by molar-refractivity contribution is -0.137. The topological polar surface area (TPSA) is 115 Å². The van der Waals surface area contributed by atoms with Crippen LogP contribution in [-0.2, 0) is 32.0 Å². The number of methoxy groups -OCH3 is 1. The number of fused-ring (bicyclic) bond motifs is 1. The molecule has 10 heteroatoms. The number of nitrogens with two attached hydrogens (primary N) is 1. The van der Waals surface area contributed by atoms with Crippen molar-refractivity contribution in [1.29, 1.82) is 0 Å². The minimum atomic E-state index is -0.570. The normalized spacial score (nSPS) is 17.5. The highest BCUT2D eigenvalue weighted by molar-refractivity contribution is 5.94. The van der Waals surface area contributed by atoms with Gasteiger partial charge in [0.05, 0.1) is 30.1 Å². The molecule has 2 aliphatic heterocycles. The molecule has 5 rings (SSSR count). The molecule has 1 amide bonds. The van der Waals surface area contributed by atoms with Gasteiger partial charge in [0, 0.05) is 74.5 Å². The number of hydrogen-bond donors (Lipinski definition) is 2. The second kappa shape index (κ2) is 14.9. The summed E-state index contributed by atoms with van der Waals surface area (Å²) in [6.45, 7) is 13.7. The van der Waals surface area contributed by atoms with E-state index in [0.717, 1.165) is 73.5 Å². The van der Waals surface area contributed by atoms with Crippen LogP contribution in [0, 0.1) is 5.41 Å². The van der Waals surface area contributed by atoms with Crippen LogP contribution >= 0.6 is 0 Å². The molecule has 0 aliphatic carbocycles. The fourth-order valence-corrected chi connectivity index (χ4v) is 6.89. The molecule has 2 aromatic heterocycles. The third-order valence-corrected chi connectivity index (χ3v) is 9.26. The Hall–Kier alpha value is -3.57. The zero-order valence-electron chi connectivity index (χ0n) is 28.1. The zero-order chi connectivity index (χ0) is 32.8. The van der Waals surface area contributed by atoms with E-state index in [0.29, 0.717) is 32.6 Å². The number of amides is 1. The van der Waals surface area contributed by atoms with Gasteiger partial charge < -0.3 is 19.8 Å². The Balaban J connectivity index is 1.52. The first-order valence-electron chi connectivity index (χ1n) is 16.6. The Bertz CT molecular complexity index is 1560. The van der Waals surface area contributed by atoms with Crippen LogP contribution in [0.1, 0.15) is 69.9 Å². The average molecular weight is 631 g/mol. The predicted molar refractivity (Wildman–Crippen MR) is 182 cm³/mol. The standard InChI is InChI=1S/C36H50N6O4/c1-6-41-32-14-13-26(27-11-10-17-40(21-27)22-31(37)35(44)42-18-8-7-16-39-42)19-29(32)30(20-36(3,4)23-46-24-43)34(41)28-12-9-15-38-33(28)25(2)45-5/h9,11-15,19,24-25,31,39H,6-8,10,16-18,20-23,37H2,1-5H3. The molecule has 4 heterocycles. The van der Waals surface area contributed by atoms with Gasteiger partial charge in [-0.2, -0.15) is 0 Å². The number of carbonyl (C=O) groups is 2. The maximum atomic E-state index is 13.0. The molecule has 3 aromatic rings. The maximum absolute atomic E-state index is 13.0. The lowest BCUT2D eigenvalue weighted by Crippen LogP contribution is -2.56. The molecule has 0 bridgehead atoms. The van der Waals surface area contributed by atoms with Gasteiger partial charge >= 0.3 is 0 Å². The van der Waals surface area contributed by atoms with E-state index in [-0.39, 0.29) is 17.4 Å². The number of rotatable bonds is 13. The van der Waals surface area contributed by atoms with E-state index in [1.165, 1.54) is 16.5 Å². The zero-order valence-corrected chi connectivity index (χ0v) is 28.1. The first kappa shape index (κ1) is 33.8. The van der Waals surface area contributed by atoms with Crippen LogP contribution in [0.5, 0.6) is 0 Å². The summed E-state index contributed by atoms with van der Waals surface area (Å²) in [5, 5.41) is 2.87. The Morgan fingerprint density at radius 3 is 2.76 bits per heavy atom. The summed E-state index contributed by atoms with van der Waals surface area (Å²) in [6.07, 6.45) is 7.63. The lowest BCUT2D eigenvalue weighted by atomic mass is 9.84. The first-order valence-corrected chi connectivity index (χ1v) is 16.6. The molecule has 2 atom stereocenters. The number of aryl methyl sites for hydroxylation is 1. The van der Waals surface area contributed by atoms with Gasteiger partial charge in [0.1, 0.15) is 0 Å². The summed E-state index contributed by atoms with van der Waals surface area (Å²) in [5.74, 6) is -0.0333. The molecule has 2 unspecified atom stereocenters. The molecule has 0 spiro atoms. The average Bonchev–Trinajstić information content (AvgIpc) is 3.38. The highest BCUT2D eigenvalue weighted by atomic mass is 16.5. The Morgan fingerprint density at radius 2 is 2.04 bits per heavy atom. The van der Waals surface area contributed by atoms with Crippen LogP contribution in [0.3, 0.4) is 0 Å². The number of benzene rings is 1. The summed E-state index contributed by atoms with van der Waals surface area (Å²) < 4.78 is 13.4. The van der Waals surface area contributed by atoms with Gasteiger partial charge in [-0.15, -0.1) is 0 Å². The smallest absolute Gasteiger partial charge is 0.293 e. The third kappa shape index (κ3) is 7.36. The summed E-state index contributed by atoms with van der Waals surface area (Å²) in [4.78, 5) is 31.2. The number of aromatic nitrogens is 2. The van der Waals surface area contributed by atoms with Gasteiger partial charge in [-0.25, -0.2) is 5.43 Å². The minimum Gasteiger partial charge on any atom is -0.467 e.